The molecule has 9 heteroatoms. The summed E-state index contributed by atoms with van der Waals surface area (Å²) < 4.78 is 22.7. The Morgan fingerprint density at radius 3 is 2.54 bits per heavy atom. The fraction of sp³-hybridized carbons (Fsp3) is 0.462. The van der Waals surface area contributed by atoms with Crippen LogP contribution in [-0.2, 0) is 14.3 Å². The Kier molecular flexibility index (Phi) is 6.98. The SMILES string of the molecule is COc1ccc(C2CC(c3ccccc3Cl)=NN2C(=O)CN2CCC3(CC2)OCCO3)c(OC)c1. The molecule has 1 spiro atoms. The molecule has 3 aliphatic heterocycles. The number of carbonyl (C=O) groups excluding carboxylic acids is 1. The lowest BCUT2D eigenvalue weighted by Crippen LogP contribution is -2.48. The highest BCUT2D eigenvalue weighted by Crippen LogP contribution is 2.40. The summed E-state index contributed by atoms with van der Waals surface area (Å²) in [5.74, 6) is 0.798. The number of ether oxygens (including phenoxy) is 4. The summed E-state index contributed by atoms with van der Waals surface area (Å²) in [7, 11) is 3.23. The minimum atomic E-state index is -0.471. The number of hydrogen-bond donors (Lipinski definition) is 0. The van der Waals surface area contributed by atoms with Crippen molar-refractivity contribution >= 4 is 23.2 Å². The van der Waals surface area contributed by atoms with Crippen molar-refractivity contribution in [1.82, 2.24) is 9.91 Å². The van der Waals surface area contributed by atoms with Crippen molar-refractivity contribution < 1.29 is 23.7 Å². The van der Waals surface area contributed by atoms with E-state index in [1.54, 1.807) is 19.2 Å². The van der Waals surface area contributed by atoms with Crippen molar-refractivity contribution in [3.05, 3.63) is 58.6 Å². The summed E-state index contributed by atoms with van der Waals surface area (Å²) in [6.07, 6.45) is 2.04. The number of hydrogen-bond acceptors (Lipinski definition) is 7. The topological polar surface area (TPSA) is 72.8 Å². The summed E-state index contributed by atoms with van der Waals surface area (Å²) in [5, 5.41) is 6.99. The zero-order chi connectivity index (χ0) is 24.4. The normalized spacial score (nSPS) is 21.9. The van der Waals surface area contributed by atoms with Crippen LogP contribution in [0.2, 0.25) is 5.02 Å². The zero-order valence-corrected chi connectivity index (χ0v) is 20.8. The molecule has 0 aromatic heterocycles. The third-order valence-corrected chi connectivity index (χ3v) is 7.27. The molecule has 0 aliphatic carbocycles. The molecule has 2 fully saturated rings. The molecular weight excluding hydrogens is 470 g/mol. The van der Waals surface area contributed by atoms with Crippen molar-refractivity contribution in [2.45, 2.75) is 31.1 Å². The Labute approximate surface area is 210 Å². The van der Waals surface area contributed by atoms with Crippen molar-refractivity contribution in [1.29, 1.82) is 0 Å². The Bertz CT molecular complexity index is 1110. The number of nitrogens with zero attached hydrogens (tertiary/aromatic N) is 3. The van der Waals surface area contributed by atoms with Crippen molar-refractivity contribution in [3.63, 3.8) is 0 Å². The van der Waals surface area contributed by atoms with Crippen LogP contribution in [0.4, 0.5) is 0 Å². The van der Waals surface area contributed by atoms with E-state index in [1.165, 1.54) is 0 Å². The highest BCUT2D eigenvalue weighted by Gasteiger charge is 2.41. The predicted molar refractivity (Wildman–Crippen MR) is 132 cm³/mol. The maximum absolute atomic E-state index is 13.6. The van der Waals surface area contributed by atoms with E-state index in [-0.39, 0.29) is 18.5 Å². The molecular formula is C26H30ClN3O5. The predicted octanol–water partition coefficient (Wildman–Crippen LogP) is 3.87. The van der Waals surface area contributed by atoms with E-state index >= 15 is 0 Å². The minimum absolute atomic E-state index is 0.0702. The molecule has 3 aliphatic rings. The van der Waals surface area contributed by atoms with Crippen LogP contribution < -0.4 is 9.47 Å². The Hall–Kier alpha value is -2.65. The molecule has 2 aromatic carbocycles. The number of piperidine rings is 1. The highest BCUT2D eigenvalue weighted by atomic mass is 35.5. The number of halogens is 1. The van der Waals surface area contributed by atoms with Gasteiger partial charge in [-0.2, -0.15) is 5.10 Å². The molecule has 5 rings (SSSR count). The number of methoxy groups -OCH3 is 2. The molecule has 2 aromatic rings. The number of benzene rings is 2. The van der Waals surface area contributed by atoms with Gasteiger partial charge in [0.05, 0.1) is 45.7 Å². The van der Waals surface area contributed by atoms with E-state index in [4.69, 9.17) is 35.6 Å². The Morgan fingerprint density at radius 2 is 1.86 bits per heavy atom. The van der Waals surface area contributed by atoms with Gasteiger partial charge in [-0.05, 0) is 18.2 Å². The second-order valence-electron chi connectivity index (χ2n) is 8.98. The van der Waals surface area contributed by atoms with Gasteiger partial charge in [-0.3, -0.25) is 9.69 Å². The van der Waals surface area contributed by atoms with E-state index in [0.717, 1.165) is 42.8 Å². The lowest BCUT2D eigenvalue weighted by atomic mass is 9.97. The third-order valence-electron chi connectivity index (χ3n) is 6.94. The van der Waals surface area contributed by atoms with Crippen LogP contribution in [0.25, 0.3) is 0 Å². The van der Waals surface area contributed by atoms with E-state index in [0.29, 0.717) is 36.2 Å². The fourth-order valence-electron chi connectivity index (χ4n) is 5.04. The van der Waals surface area contributed by atoms with E-state index in [2.05, 4.69) is 4.90 Å². The molecule has 0 saturated carbocycles. The van der Waals surface area contributed by atoms with Gasteiger partial charge in [0, 0.05) is 54.6 Å². The van der Waals surface area contributed by atoms with Crippen LogP contribution in [0.5, 0.6) is 11.5 Å². The van der Waals surface area contributed by atoms with Gasteiger partial charge in [0.2, 0.25) is 0 Å². The Balaban J connectivity index is 1.39. The van der Waals surface area contributed by atoms with Crippen LogP contribution in [0.1, 0.15) is 36.4 Å². The monoisotopic (exact) mass is 499 g/mol. The molecule has 1 atom stereocenters. The van der Waals surface area contributed by atoms with Gasteiger partial charge >= 0.3 is 0 Å². The van der Waals surface area contributed by atoms with Crippen molar-refractivity contribution in [2.75, 3.05) is 47.1 Å². The van der Waals surface area contributed by atoms with Crippen LogP contribution in [0, 0.1) is 0 Å². The largest absolute Gasteiger partial charge is 0.497 e. The number of hydrazone groups is 1. The number of rotatable bonds is 6. The van der Waals surface area contributed by atoms with Crippen molar-refractivity contribution in [2.24, 2.45) is 5.10 Å². The third kappa shape index (κ3) is 4.89. The van der Waals surface area contributed by atoms with Gasteiger partial charge in [0.1, 0.15) is 11.5 Å². The van der Waals surface area contributed by atoms with Gasteiger partial charge in [-0.1, -0.05) is 29.8 Å². The van der Waals surface area contributed by atoms with Crippen molar-refractivity contribution in [3.8, 4) is 11.5 Å². The molecule has 2 saturated heterocycles. The zero-order valence-electron chi connectivity index (χ0n) is 20.0. The van der Waals surface area contributed by atoms with Crippen LogP contribution in [0.15, 0.2) is 47.6 Å². The standard InChI is InChI=1S/C26H30ClN3O5/c1-32-18-7-8-20(24(15-18)33-2)23-16-22(19-5-3-4-6-21(19)27)28-30(23)25(31)17-29-11-9-26(10-12-29)34-13-14-35-26/h3-8,15,23H,9-14,16-17H2,1-2H3. The molecule has 3 heterocycles. The summed E-state index contributed by atoms with van der Waals surface area (Å²) in [4.78, 5) is 15.8. The number of amides is 1. The van der Waals surface area contributed by atoms with Gasteiger partial charge in [-0.15, -0.1) is 0 Å². The average molecular weight is 500 g/mol. The maximum atomic E-state index is 13.6. The first-order valence-corrected chi connectivity index (χ1v) is 12.3. The molecule has 1 unspecified atom stereocenters. The van der Waals surface area contributed by atoms with E-state index < -0.39 is 5.79 Å². The molecule has 1 amide bonds. The first kappa shape index (κ1) is 24.1. The summed E-state index contributed by atoms with van der Waals surface area (Å²) >= 11 is 6.48. The quantitative estimate of drug-likeness (QED) is 0.600. The smallest absolute Gasteiger partial charge is 0.257 e. The van der Waals surface area contributed by atoms with Gasteiger partial charge in [0.25, 0.3) is 5.91 Å². The minimum Gasteiger partial charge on any atom is -0.497 e. The van der Waals surface area contributed by atoms with E-state index in [9.17, 15) is 4.79 Å². The van der Waals surface area contributed by atoms with E-state index in [1.807, 2.05) is 42.5 Å². The van der Waals surface area contributed by atoms with Crippen LogP contribution >= 0.6 is 11.6 Å². The fourth-order valence-corrected chi connectivity index (χ4v) is 5.28. The molecule has 0 N–H and O–H groups in total. The second-order valence-corrected chi connectivity index (χ2v) is 9.38. The summed E-state index contributed by atoms with van der Waals surface area (Å²) in [5.41, 5.74) is 2.48. The lowest BCUT2D eigenvalue weighted by Gasteiger charge is -2.37. The lowest BCUT2D eigenvalue weighted by molar-refractivity contribution is -0.186. The molecule has 0 radical (unpaired) electrons. The van der Waals surface area contributed by atoms with Gasteiger partial charge in [-0.25, -0.2) is 5.01 Å². The van der Waals surface area contributed by atoms with Gasteiger partial charge < -0.3 is 18.9 Å². The first-order valence-electron chi connectivity index (χ1n) is 11.9. The average Bonchev–Trinajstić information content (AvgIpc) is 3.53. The second kappa shape index (κ2) is 10.1. The molecule has 0 bridgehead atoms. The summed E-state index contributed by atoms with van der Waals surface area (Å²) in [6.45, 7) is 3.01. The highest BCUT2D eigenvalue weighted by molar-refractivity contribution is 6.34. The maximum Gasteiger partial charge on any atom is 0.257 e. The van der Waals surface area contributed by atoms with Crippen LogP contribution in [-0.4, -0.2) is 74.4 Å². The first-order chi connectivity index (χ1) is 17.0. The molecule has 35 heavy (non-hydrogen) atoms. The van der Waals surface area contributed by atoms with Crippen LogP contribution in [0.3, 0.4) is 0 Å². The van der Waals surface area contributed by atoms with Gasteiger partial charge in [0.15, 0.2) is 5.79 Å². The molecule has 8 nitrogen and oxygen atoms in total. The molecule has 186 valence electrons. The number of likely N-dealkylation sites (tertiary alicyclic amines) is 1. The number of carbonyl (C=O) groups is 1. The summed E-state index contributed by atoms with van der Waals surface area (Å²) in [6, 6.07) is 12.9. The Morgan fingerprint density at radius 1 is 1.11 bits per heavy atom.